The first-order chi connectivity index (χ1) is 8.70. The zero-order valence-corrected chi connectivity index (χ0v) is 10.2. The molecule has 0 bridgehead atoms. The molecule has 1 aliphatic heterocycles. The van der Waals surface area contributed by atoms with Gasteiger partial charge in [0, 0.05) is 13.1 Å². The van der Waals surface area contributed by atoms with Gasteiger partial charge in [-0.05, 0) is 19.2 Å². The SMILES string of the molecule is CN1CCOC(COc2cccc(F)c2C#N)C1. The van der Waals surface area contributed by atoms with Gasteiger partial charge in [0.15, 0.2) is 0 Å². The van der Waals surface area contributed by atoms with E-state index >= 15 is 0 Å². The third kappa shape index (κ3) is 2.97. The number of morpholine rings is 1. The lowest BCUT2D eigenvalue weighted by Gasteiger charge is -2.29. The van der Waals surface area contributed by atoms with Crippen molar-refractivity contribution in [1.82, 2.24) is 4.90 Å². The smallest absolute Gasteiger partial charge is 0.144 e. The number of hydrogen-bond acceptors (Lipinski definition) is 4. The molecule has 2 rings (SSSR count). The summed E-state index contributed by atoms with van der Waals surface area (Å²) < 4.78 is 24.3. The Hall–Kier alpha value is -1.64. The highest BCUT2D eigenvalue weighted by Gasteiger charge is 2.19. The largest absolute Gasteiger partial charge is 0.489 e. The van der Waals surface area contributed by atoms with Crippen LogP contribution in [0.15, 0.2) is 18.2 Å². The molecule has 1 saturated heterocycles. The van der Waals surface area contributed by atoms with Crippen LogP contribution in [0, 0.1) is 17.1 Å². The number of ether oxygens (including phenoxy) is 2. The topological polar surface area (TPSA) is 45.5 Å². The molecule has 5 heteroatoms. The second-order valence-corrected chi connectivity index (χ2v) is 4.29. The van der Waals surface area contributed by atoms with E-state index in [9.17, 15) is 4.39 Å². The van der Waals surface area contributed by atoms with E-state index < -0.39 is 5.82 Å². The fraction of sp³-hybridized carbons (Fsp3) is 0.462. The summed E-state index contributed by atoms with van der Waals surface area (Å²) in [5, 5.41) is 8.87. The van der Waals surface area contributed by atoms with Crippen LogP contribution in [0.4, 0.5) is 4.39 Å². The van der Waals surface area contributed by atoms with Crippen LogP contribution in [0.5, 0.6) is 5.75 Å². The molecule has 0 saturated carbocycles. The van der Waals surface area contributed by atoms with E-state index in [1.165, 1.54) is 12.1 Å². The van der Waals surface area contributed by atoms with Crippen molar-refractivity contribution in [2.45, 2.75) is 6.10 Å². The molecule has 1 aromatic rings. The van der Waals surface area contributed by atoms with Crippen molar-refractivity contribution < 1.29 is 13.9 Å². The number of benzene rings is 1. The average Bonchev–Trinajstić information content (AvgIpc) is 2.36. The van der Waals surface area contributed by atoms with Crippen LogP contribution in [0.3, 0.4) is 0 Å². The molecule has 0 aromatic heterocycles. The highest BCUT2D eigenvalue weighted by molar-refractivity contribution is 5.43. The van der Waals surface area contributed by atoms with Gasteiger partial charge in [0.1, 0.15) is 35.9 Å². The second-order valence-electron chi connectivity index (χ2n) is 4.29. The summed E-state index contributed by atoms with van der Waals surface area (Å²) in [4.78, 5) is 2.15. The fourth-order valence-corrected chi connectivity index (χ4v) is 1.88. The van der Waals surface area contributed by atoms with Gasteiger partial charge in [-0.25, -0.2) is 4.39 Å². The van der Waals surface area contributed by atoms with Gasteiger partial charge in [-0.1, -0.05) is 6.07 Å². The first-order valence-corrected chi connectivity index (χ1v) is 5.82. The first-order valence-electron chi connectivity index (χ1n) is 5.82. The molecule has 1 aromatic carbocycles. The lowest BCUT2D eigenvalue weighted by Crippen LogP contribution is -2.42. The van der Waals surface area contributed by atoms with Gasteiger partial charge in [0.05, 0.1) is 6.61 Å². The van der Waals surface area contributed by atoms with Crippen LogP contribution in [-0.4, -0.2) is 44.4 Å². The third-order valence-electron chi connectivity index (χ3n) is 2.85. The van der Waals surface area contributed by atoms with Crippen LogP contribution in [-0.2, 0) is 4.74 Å². The van der Waals surface area contributed by atoms with E-state index in [2.05, 4.69) is 4.90 Å². The van der Waals surface area contributed by atoms with E-state index in [1.54, 1.807) is 6.07 Å². The normalized spacial score (nSPS) is 20.4. The quantitative estimate of drug-likeness (QED) is 0.813. The van der Waals surface area contributed by atoms with Crippen LogP contribution < -0.4 is 4.74 Å². The molecular formula is C13H15FN2O2. The number of nitriles is 1. The molecule has 0 aliphatic carbocycles. The maximum Gasteiger partial charge on any atom is 0.144 e. The predicted octanol–water partition coefficient (Wildman–Crippen LogP) is 1.41. The minimum Gasteiger partial charge on any atom is -0.489 e. The summed E-state index contributed by atoms with van der Waals surface area (Å²) in [6.45, 7) is 2.67. The van der Waals surface area contributed by atoms with Gasteiger partial charge < -0.3 is 14.4 Å². The summed E-state index contributed by atoms with van der Waals surface area (Å²) in [5.41, 5.74) is -0.0540. The van der Waals surface area contributed by atoms with Crippen LogP contribution in [0.1, 0.15) is 5.56 Å². The molecule has 1 fully saturated rings. The second kappa shape index (κ2) is 5.80. The summed E-state index contributed by atoms with van der Waals surface area (Å²) in [6, 6.07) is 6.17. The molecule has 96 valence electrons. The summed E-state index contributed by atoms with van der Waals surface area (Å²) >= 11 is 0. The van der Waals surface area contributed by atoms with Gasteiger partial charge in [0.25, 0.3) is 0 Å². The first kappa shape index (κ1) is 12.8. The van der Waals surface area contributed by atoms with Gasteiger partial charge in [0.2, 0.25) is 0 Å². The van der Waals surface area contributed by atoms with Crippen molar-refractivity contribution in [3.63, 3.8) is 0 Å². The van der Waals surface area contributed by atoms with Gasteiger partial charge in [-0.2, -0.15) is 5.26 Å². The molecule has 0 N–H and O–H groups in total. The molecule has 1 unspecified atom stereocenters. The molecule has 0 amide bonds. The Morgan fingerprint density at radius 1 is 1.61 bits per heavy atom. The molecule has 1 atom stereocenters. The predicted molar refractivity (Wildman–Crippen MR) is 63.8 cm³/mol. The van der Waals surface area contributed by atoms with E-state index in [-0.39, 0.29) is 17.4 Å². The monoisotopic (exact) mass is 250 g/mol. The van der Waals surface area contributed by atoms with Gasteiger partial charge in [-0.3, -0.25) is 0 Å². The Morgan fingerprint density at radius 2 is 2.44 bits per heavy atom. The Balaban J connectivity index is 1.98. The maximum atomic E-state index is 13.3. The third-order valence-corrected chi connectivity index (χ3v) is 2.85. The van der Waals surface area contributed by atoms with Crippen molar-refractivity contribution >= 4 is 0 Å². The van der Waals surface area contributed by atoms with Crippen LogP contribution in [0.25, 0.3) is 0 Å². The highest BCUT2D eigenvalue weighted by Crippen LogP contribution is 2.20. The summed E-state index contributed by atoms with van der Waals surface area (Å²) in [5.74, 6) is -0.286. The minimum atomic E-state index is -0.559. The van der Waals surface area contributed by atoms with E-state index in [0.29, 0.717) is 13.2 Å². The van der Waals surface area contributed by atoms with Crippen molar-refractivity contribution in [2.75, 3.05) is 33.4 Å². The molecule has 0 radical (unpaired) electrons. The van der Waals surface area contributed by atoms with Crippen molar-refractivity contribution in [1.29, 1.82) is 5.26 Å². The summed E-state index contributed by atoms with van der Waals surface area (Å²) in [6.07, 6.45) is -0.0430. The average molecular weight is 250 g/mol. The zero-order chi connectivity index (χ0) is 13.0. The Bertz CT molecular complexity index is 459. The van der Waals surface area contributed by atoms with E-state index in [1.807, 2.05) is 13.1 Å². The minimum absolute atomic E-state index is 0.0430. The molecule has 1 heterocycles. The molecule has 1 aliphatic rings. The number of halogens is 1. The molecule has 0 spiro atoms. The number of hydrogen-bond donors (Lipinski definition) is 0. The Kier molecular flexibility index (Phi) is 4.13. The highest BCUT2D eigenvalue weighted by atomic mass is 19.1. The van der Waals surface area contributed by atoms with Gasteiger partial charge >= 0.3 is 0 Å². The lowest BCUT2D eigenvalue weighted by atomic mass is 10.2. The van der Waals surface area contributed by atoms with Crippen molar-refractivity contribution in [3.05, 3.63) is 29.6 Å². The fourth-order valence-electron chi connectivity index (χ4n) is 1.88. The standard InChI is InChI=1S/C13H15FN2O2/c1-16-5-6-17-10(8-16)9-18-13-4-2-3-12(14)11(13)7-15/h2-4,10H,5-6,8-9H2,1H3. The number of nitrogens with zero attached hydrogens (tertiary/aromatic N) is 2. The Morgan fingerprint density at radius 3 is 3.17 bits per heavy atom. The summed E-state index contributed by atoms with van der Waals surface area (Å²) in [7, 11) is 2.01. The van der Waals surface area contributed by atoms with Crippen LogP contribution >= 0.6 is 0 Å². The van der Waals surface area contributed by atoms with E-state index in [0.717, 1.165) is 13.1 Å². The van der Waals surface area contributed by atoms with Gasteiger partial charge in [-0.15, -0.1) is 0 Å². The van der Waals surface area contributed by atoms with Crippen molar-refractivity contribution in [3.8, 4) is 11.8 Å². The number of rotatable bonds is 3. The molecule has 18 heavy (non-hydrogen) atoms. The zero-order valence-electron chi connectivity index (χ0n) is 10.2. The van der Waals surface area contributed by atoms with Crippen molar-refractivity contribution in [2.24, 2.45) is 0 Å². The maximum absolute atomic E-state index is 13.3. The Labute approximate surface area is 106 Å². The molecular weight excluding hydrogens is 235 g/mol. The molecule has 4 nitrogen and oxygen atoms in total. The lowest BCUT2D eigenvalue weighted by molar-refractivity contribution is -0.0404. The van der Waals surface area contributed by atoms with Crippen LogP contribution in [0.2, 0.25) is 0 Å². The van der Waals surface area contributed by atoms with E-state index in [4.69, 9.17) is 14.7 Å². The number of likely N-dealkylation sites (N-methyl/N-ethyl adjacent to an activating group) is 1.